The lowest BCUT2D eigenvalue weighted by Crippen LogP contribution is -2.47. The average Bonchev–Trinajstić information content (AvgIpc) is 2.59. The number of amides is 1. The Balaban J connectivity index is 1.53. The second-order valence-electron chi connectivity index (χ2n) is 8.34. The van der Waals surface area contributed by atoms with Crippen LogP contribution in [0.25, 0.3) is 0 Å². The monoisotopic (exact) mass is 351 g/mol. The predicted molar refractivity (Wildman–Crippen MR) is 101 cm³/mol. The molecule has 1 aliphatic heterocycles. The maximum Gasteiger partial charge on any atom is 0.223 e. The van der Waals surface area contributed by atoms with E-state index in [1.165, 1.54) is 19.6 Å². The van der Waals surface area contributed by atoms with E-state index in [0.29, 0.717) is 0 Å². The van der Waals surface area contributed by atoms with Gasteiger partial charge in [-0.3, -0.25) is 9.59 Å². The molecule has 5 heteroatoms. The fourth-order valence-electron chi connectivity index (χ4n) is 4.13. The van der Waals surface area contributed by atoms with Crippen LogP contribution in [0.15, 0.2) is 0 Å². The number of carbonyl (C=O) groups is 2. The molecule has 0 aromatic rings. The van der Waals surface area contributed by atoms with Crippen molar-refractivity contribution in [2.75, 3.05) is 45.8 Å². The second kappa shape index (κ2) is 10.3. The number of ketones is 1. The van der Waals surface area contributed by atoms with E-state index in [-0.39, 0.29) is 23.5 Å². The van der Waals surface area contributed by atoms with Gasteiger partial charge >= 0.3 is 0 Å². The minimum atomic E-state index is 0.121. The molecular weight excluding hydrogens is 314 g/mol. The summed E-state index contributed by atoms with van der Waals surface area (Å²) in [4.78, 5) is 28.7. The molecule has 1 aliphatic carbocycles. The summed E-state index contributed by atoms with van der Waals surface area (Å²) >= 11 is 0. The van der Waals surface area contributed by atoms with Gasteiger partial charge in [-0.05, 0) is 51.5 Å². The minimum Gasteiger partial charge on any atom is -0.356 e. The molecule has 1 amide bonds. The first kappa shape index (κ1) is 20.4. The molecule has 2 rings (SSSR count). The fraction of sp³-hybridized carbons (Fsp3) is 0.900. The van der Waals surface area contributed by atoms with Crippen LogP contribution in [-0.4, -0.2) is 67.3 Å². The van der Waals surface area contributed by atoms with E-state index in [4.69, 9.17) is 0 Å². The molecule has 2 aliphatic rings. The van der Waals surface area contributed by atoms with Crippen molar-refractivity contribution >= 4 is 11.7 Å². The van der Waals surface area contributed by atoms with Gasteiger partial charge in [0, 0.05) is 51.1 Å². The van der Waals surface area contributed by atoms with E-state index in [2.05, 4.69) is 29.0 Å². The summed E-state index contributed by atoms with van der Waals surface area (Å²) in [5, 5.41) is 3.11. The summed E-state index contributed by atoms with van der Waals surface area (Å²) in [5.41, 5.74) is 0. The highest BCUT2D eigenvalue weighted by molar-refractivity contribution is 5.80. The standard InChI is InChI=1S/C20H37N3O2/c1-16(2)15-23-13-11-22(12-14-23)10-4-9-21-20(25)19-7-5-18(6-8-19)17(3)24/h16,18-19H,4-15H2,1-3H3,(H,21,25). The van der Waals surface area contributed by atoms with Crippen LogP contribution in [0.1, 0.15) is 52.9 Å². The Morgan fingerprint density at radius 1 is 0.960 bits per heavy atom. The molecule has 0 unspecified atom stereocenters. The van der Waals surface area contributed by atoms with Crippen molar-refractivity contribution in [3.63, 3.8) is 0 Å². The summed E-state index contributed by atoms with van der Waals surface area (Å²) in [7, 11) is 0. The second-order valence-corrected chi connectivity index (χ2v) is 8.34. The normalized spacial score (nSPS) is 25.9. The average molecular weight is 352 g/mol. The van der Waals surface area contributed by atoms with Crippen molar-refractivity contribution in [1.29, 1.82) is 0 Å². The Hall–Kier alpha value is -0.940. The van der Waals surface area contributed by atoms with Crippen molar-refractivity contribution < 1.29 is 9.59 Å². The molecule has 0 aromatic heterocycles. The van der Waals surface area contributed by atoms with Gasteiger partial charge < -0.3 is 15.1 Å². The molecule has 0 spiro atoms. The summed E-state index contributed by atoms with van der Waals surface area (Å²) in [6, 6.07) is 0. The Bertz CT molecular complexity index is 423. The van der Waals surface area contributed by atoms with Gasteiger partial charge in [-0.2, -0.15) is 0 Å². The Morgan fingerprint density at radius 2 is 1.52 bits per heavy atom. The molecule has 0 bridgehead atoms. The number of Topliss-reactive ketones (excluding diaryl/α,β-unsaturated/α-hetero) is 1. The van der Waals surface area contributed by atoms with Crippen molar-refractivity contribution in [2.45, 2.75) is 52.9 Å². The SMILES string of the molecule is CC(=O)C1CCC(C(=O)NCCCN2CCN(CC(C)C)CC2)CC1. The zero-order valence-corrected chi connectivity index (χ0v) is 16.4. The van der Waals surface area contributed by atoms with Gasteiger partial charge in [0.15, 0.2) is 0 Å². The Morgan fingerprint density at radius 3 is 2.08 bits per heavy atom. The third-order valence-corrected chi connectivity index (χ3v) is 5.71. The van der Waals surface area contributed by atoms with E-state index in [1.54, 1.807) is 6.92 Å². The van der Waals surface area contributed by atoms with Crippen LogP contribution in [0.3, 0.4) is 0 Å². The van der Waals surface area contributed by atoms with Gasteiger partial charge in [0.25, 0.3) is 0 Å². The lowest BCUT2D eigenvalue weighted by molar-refractivity contribution is -0.128. The highest BCUT2D eigenvalue weighted by Gasteiger charge is 2.28. The molecule has 0 atom stereocenters. The van der Waals surface area contributed by atoms with Gasteiger partial charge in [0.2, 0.25) is 5.91 Å². The van der Waals surface area contributed by atoms with E-state index in [0.717, 1.165) is 64.2 Å². The van der Waals surface area contributed by atoms with Crippen LogP contribution < -0.4 is 5.32 Å². The van der Waals surface area contributed by atoms with Crippen molar-refractivity contribution in [3.05, 3.63) is 0 Å². The fourth-order valence-corrected chi connectivity index (χ4v) is 4.13. The highest BCUT2D eigenvalue weighted by atomic mass is 16.2. The number of piperazine rings is 1. The first-order valence-electron chi connectivity index (χ1n) is 10.2. The number of nitrogens with one attached hydrogen (secondary N) is 1. The van der Waals surface area contributed by atoms with Gasteiger partial charge in [0.05, 0.1) is 0 Å². The minimum absolute atomic E-state index is 0.121. The number of nitrogens with zero attached hydrogens (tertiary/aromatic N) is 2. The zero-order chi connectivity index (χ0) is 18.2. The lowest BCUT2D eigenvalue weighted by atomic mass is 9.80. The van der Waals surface area contributed by atoms with Crippen molar-refractivity contribution in [1.82, 2.24) is 15.1 Å². The number of hydrogen-bond acceptors (Lipinski definition) is 4. The molecule has 5 nitrogen and oxygen atoms in total. The van der Waals surface area contributed by atoms with Crippen LogP contribution in [0.2, 0.25) is 0 Å². The molecule has 1 heterocycles. The zero-order valence-electron chi connectivity index (χ0n) is 16.4. The molecule has 1 N–H and O–H groups in total. The largest absolute Gasteiger partial charge is 0.356 e. The lowest BCUT2D eigenvalue weighted by Gasteiger charge is -2.35. The summed E-state index contributed by atoms with van der Waals surface area (Å²) < 4.78 is 0. The number of rotatable bonds is 8. The Labute approximate surface area is 153 Å². The third kappa shape index (κ3) is 7.06. The van der Waals surface area contributed by atoms with Gasteiger partial charge in [-0.1, -0.05) is 13.8 Å². The van der Waals surface area contributed by atoms with E-state index < -0.39 is 0 Å². The van der Waals surface area contributed by atoms with Crippen molar-refractivity contribution in [2.24, 2.45) is 17.8 Å². The van der Waals surface area contributed by atoms with Crippen LogP contribution in [0.4, 0.5) is 0 Å². The first-order valence-corrected chi connectivity index (χ1v) is 10.2. The smallest absolute Gasteiger partial charge is 0.223 e. The molecule has 0 radical (unpaired) electrons. The number of hydrogen-bond donors (Lipinski definition) is 1. The quantitative estimate of drug-likeness (QED) is 0.681. The van der Waals surface area contributed by atoms with Crippen LogP contribution in [0.5, 0.6) is 0 Å². The van der Waals surface area contributed by atoms with Crippen LogP contribution in [0, 0.1) is 17.8 Å². The molecule has 144 valence electrons. The molecular formula is C20H37N3O2. The first-order chi connectivity index (χ1) is 12.0. The van der Waals surface area contributed by atoms with Gasteiger partial charge in [0.1, 0.15) is 5.78 Å². The predicted octanol–water partition coefficient (Wildman–Crippen LogP) is 2.16. The highest BCUT2D eigenvalue weighted by Crippen LogP contribution is 2.29. The molecule has 1 saturated heterocycles. The summed E-state index contributed by atoms with van der Waals surface area (Å²) in [6.07, 6.45) is 4.53. The maximum absolute atomic E-state index is 12.3. The van der Waals surface area contributed by atoms with E-state index in [9.17, 15) is 9.59 Å². The van der Waals surface area contributed by atoms with Crippen LogP contribution >= 0.6 is 0 Å². The van der Waals surface area contributed by atoms with Crippen molar-refractivity contribution in [3.8, 4) is 0 Å². The molecule has 2 fully saturated rings. The summed E-state index contributed by atoms with van der Waals surface area (Å²) in [5.74, 6) is 1.54. The van der Waals surface area contributed by atoms with Gasteiger partial charge in [-0.15, -0.1) is 0 Å². The summed E-state index contributed by atoms with van der Waals surface area (Å²) in [6.45, 7) is 13.9. The molecule has 25 heavy (non-hydrogen) atoms. The molecule has 0 aromatic carbocycles. The van der Waals surface area contributed by atoms with Crippen LogP contribution in [-0.2, 0) is 9.59 Å². The van der Waals surface area contributed by atoms with E-state index in [1.807, 2.05) is 0 Å². The maximum atomic E-state index is 12.3. The molecule has 1 saturated carbocycles. The topological polar surface area (TPSA) is 52.7 Å². The third-order valence-electron chi connectivity index (χ3n) is 5.71. The van der Waals surface area contributed by atoms with E-state index >= 15 is 0 Å². The Kier molecular flexibility index (Phi) is 8.37. The van der Waals surface area contributed by atoms with Gasteiger partial charge in [-0.25, -0.2) is 0 Å². The number of carbonyl (C=O) groups excluding carboxylic acids is 2.